The lowest BCUT2D eigenvalue weighted by Gasteiger charge is -2.40. The number of rotatable bonds is 14. The summed E-state index contributed by atoms with van der Waals surface area (Å²) in [4.78, 5) is 0.811. The number of halogens is 20. The second-order valence-corrected chi connectivity index (χ2v) is 12.5. The highest BCUT2D eigenvalue weighted by molar-refractivity contribution is 5.55. The molecule has 0 aromatic heterocycles. The average Bonchev–Trinajstić information content (AvgIpc) is 3.19. The molecule has 4 aromatic rings. The van der Waals surface area contributed by atoms with Crippen molar-refractivity contribution in [2.75, 3.05) is 13.1 Å². The van der Waals surface area contributed by atoms with Crippen molar-refractivity contribution in [1.82, 2.24) is 4.90 Å². The molecule has 0 bridgehead atoms. The minimum atomic E-state index is -5.07. The minimum absolute atomic E-state index is 0.0618. The van der Waals surface area contributed by atoms with Crippen LogP contribution in [0.3, 0.4) is 0 Å². The van der Waals surface area contributed by atoms with E-state index < -0.39 is 176 Å². The van der Waals surface area contributed by atoms with E-state index >= 15 is 35.1 Å². The van der Waals surface area contributed by atoms with Gasteiger partial charge in [0, 0.05) is 28.3 Å². The topological polar surface area (TPSA) is 3.24 Å². The van der Waals surface area contributed by atoms with Crippen molar-refractivity contribution in [3.63, 3.8) is 0 Å². The van der Waals surface area contributed by atoms with E-state index in [-0.39, 0.29) is 25.7 Å². The summed E-state index contributed by atoms with van der Waals surface area (Å²) in [5.41, 5.74) is -16.1. The Bertz CT molecular complexity index is 1930. The molecule has 0 aliphatic heterocycles. The zero-order valence-corrected chi connectivity index (χ0v) is 28.7. The van der Waals surface area contributed by atoms with Crippen molar-refractivity contribution < 1.29 is 87.8 Å². The van der Waals surface area contributed by atoms with E-state index in [2.05, 4.69) is 0 Å². The summed E-state index contributed by atoms with van der Waals surface area (Å²) in [6, 6.07) is -2.60. The molecule has 1 nitrogen and oxygen atoms in total. The van der Waals surface area contributed by atoms with Gasteiger partial charge in [0.15, 0.2) is 93.1 Å². The average molecular weight is 850 g/mol. The Hall–Kier alpha value is -4.56. The Kier molecular flexibility index (Phi) is 13.6. The van der Waals surface area contributed by atoms with Crippen LogP contribution in [0.25, 0.3) is 0 Å². The number of unbranched alkanes of at least 4 members (excludes halogenated alkanes) is 2. The van der Waals surface area contributed by atoms with Crippen LogP contribution in [0.4, 0.5) is 87.8 Å². The maximum atomic E-state index is 16.0. The number of hydrogen-bond acceptors (Lipinski definition) is 1. The van der Waals surface area contributed by atoms with E-state index in [0.717, 1.165) is 4.90 Å². The van der Waals surface area contributed by atoms with Crippen molar-refractivity contribution in [1.29, 1.82) is 0 Å². The molecule has 21 heteroatoms. The van der Waals surface area contributed by atoms with Gasteiger partial charge in [-0.05, 0) is 38.8 Å². The molecule has 0 N–H and O–H groups in total. The number of benzene rings is 4. The number of nitrogens with zero attached hydrogens (tertiary/aromatic N) is 1. The van der Waals surface area contributed by atoms with Crippen molar-refractivity contribution in [3.05, 3.63) is 139 Å². The Morgan fingerprint density at radius 1 is 0.351 bits per heavy atom. The van der Waals surface area contributed by atoms with Crippen LogP contribution in [0.2, 0.25) is 0 Å². The van der Waals surface area contributed by atoms with Crippen LogP contribution in [0, 0.1) is 116 Å². The molecule has 0 saturated heterocycles. The smallest absolute Gasteiger partial charge is 0.200 e. The van der Waals surface area contributed by atoms with Crippen LogP contribution < -0.4 is 0 Å². The first kappa shape index (κ1) is 45.1. The molecule has 4 aromatic carbocycles. The normalized spacial score (nSPS) is 12.7. The lowest BCUT2D eigenvalue weighted by molar-refractivity contribution is 0.161. The van der Waals surface area contributed by atoms with Gasteiger partial charge in [-0.15, -0.1) is 0 Å². The highest BCUT2D eigenvalue weighted by Gasteiger charge is 2.54. The summed E-state index contributed by atoms with van der Waals surface area (Å²) in [5.74, 6) is -62.7. The molecule has 0 saturated carbocycles. The Morgan fingerprint density at radius 2 is 0.579 bits per heavy atom. The minimum Gasteiger partial charge on any atom is -0.296 e. The lowest BCUT2D eigenvalue weighted by Crippen LogP contribution is -2.41. The Balaban J connectivity index is 2.38. The van der Waals surface area contributed by atoms with E-state index in [0.29, 0.717) is 0 Å². The highest BCUT2D eigenvalue weighted by atomic mass is 19.2. The molecule has 0 spiro atoms. The van der Waals surface area contributed by atoms with Gasteiger partial charge in [0.05, 0.1) is 5.41 Å². The molecule has 0 radical (unpaired) electrons. The van der Waals surface area contributed by atoms with Crippen LogP contribution in [0.15, 0.2) is 0 Å². The van der Waals surface area contributed by atoms with E-state index in [1.165, 1.54) is 13.8 Å². The molecule has 0 amide bonds. The second-order valence-electron chi connectivity index (χ2n) is 12.5. The number of hydrogen-bond donors (Lipinski definition) is 0. The van der Waals surface area contributed by atoms with Gasteiger partial charge in [-0.25, -0.2) is 87.8 Å². The quantitative estimate of drug-likeness (QED) is 0.0529. The third-order valence-electron chi connectivity index (χ3n) is 9.32. The summed E-state index contributed by atoms with van der Waals surface area (Å²) in [5, 5.41) is 0. The van der Waals surface area contributed by atoms with E-state index in [1.807, 2.05) is 0 Å². The van der Waals surface area contributed by atoms with Crippen LogP contribution in [-0.4, -0.2) is 18.0 Å². The molecule has 0 aliphatic carbocycles. The zero-order valence-electron chi connectivity index (χ0n) is 28.7. The summed E-state index contributed by atoms with van der Waals surface area (Å²) < 4.78 is 303. The van der Waals surface area contributed by atoms with Crippen LogP contribution in [0.1, 0.15) is 80.7 Å². The van der Waals surface area contributed by atoms with Crippen LogP contribution >= 0.6 is 0 Å². The van der Waals surface area contributed by atoms with Crippen molar-refractivity contribution >= 4 is 0 Å². The molecular weight excluding hydrogens is 826 g/mol. The molecular formula is C36H23F20N. The van der Waals surface area contributed by atoms with Gasteiger partial charge in [0.2, 0.25) is 23.3 Å². The maximum Gasteiger partial charge on any atom is 0.200 e. The largest absolute Gasteiger partial charge is 0.296 e. The highest BCUT2D eigenvalue weighted by Crippen LogP contribution is 2.53. The van der Waals surface area contributed by atoms with Gasteiger partial charge >= 0.3 is 0 Å². The Morgan fingerprint density at radius 3 is 0.825 bits per heavy atom. The molecule has 4 rings (SSSR count). The van der Waals surface area contributed by atoms with Crippen molar-refractivity contribution in [2.45, 2.75) is 63.8 Å². The lowest BCUT2D eigenvalue weighted by atomic mass is 9.64. The van der Waals surface area contributed by atoms with Crippen molar-refractivity contribution in [3.8, 4) is 0 Å². The standard InChI is InChI=1S/C36H23F20N/c1-3-5-9-57(10-6-4-2)11(12-16(37)24(45)32(53)25(46)17(12)38)7-8-36(13-18(39)26(47)33(54)27(48)19(13)40,14-20(41)28(49)34(55)29(50)21(14)42)15-22(43)30(51)35(56)31(52)23(15)44/h11H,3-10H2,1-2H3. The van der Waals surface area contributed by atoms with E-state index in [9.17, 15) is 52.7 Å². The second kappa shape index (κ2) is 17.1. The summed E-state index contributed by atoms with van der Waals surface area (Å²) >= 11 is 0. The zero-order chi connectivity index (χ0) is 43.2. The molecule has 57 heavy (non-hydrogen) atoms. The SMILES string of the molecule is CCCCN(CCCC)C(CCC(c1c(F)c(F)c(F)c(F)c1F)(c1c(F)c(F)c(F)c(F)c1F)c1c(F)c(F)c(F)c(F)c1F)c1c(F)c(F)c(F)c(F)c1F. The summed E-state index contributed by atoms with van der Waals surface area (Å²) in [7, 11) is 0. The molecule has 1 unspecified atom stereocenters. The fourth-order valence-corrected chi connectivity index (χ4v) is 6.61. The fraction of sp³-hybridized carbons (Fsp3) is 0.333. The van der Waals surface area contributed by atoms with Gasteiger partial charge in [-0.1, -0.05) is 26.7 Å². The Labute approximate surface area is 308 Å². The molecule has 0 aliphatic rings. The third-order valence-corrected chi connectivity index (χ3v) is 9.32. The van der Waals surface area contributed by atoms with Gasteiger partial charge in [-0.2, -0.15) is 0 Å². The van der Waals surface area contributed by atoms with Gasteiger partial charge in [0.1, 0.15) is 0 Å². The molecule has 0 heterocycles. The van der Waals surface area contributed by atoms with Gasteiger partial charge < -0.3 is 0 Å². The first-order valence-corrected chi connectivity index (χ1v) is 16.4. The predicted octanol–water partition coefficient (Wildman–Crippen LogP) is 12.2. The third kappa shape index (κ3) is 7.28. The fourth-order valence-electron chi connectivity index (χ4n) is 6.61. The van der Waals surface area contributed by atoms with E-state index in [1.54, 1.807) is 0 Å². The first-order chi connectivity index (χ1) is 26.6. The summed E-state index contributed by atoms with van der Waals surface area (Å²) in [6.07, 6.45) is -4.11. The first-order valence-electron chi connectivity index (χ1n) is 16.4. The monoisotopic (exact) mass is 849 g/mol. The van der Waals surface area contributed by atoms with Gasteiger partial charge in [0.25, 0.3) is 0 Å². The summed E-state index contributed by atoms with van der Waals surface area (Å²) in [6.45, 7) is 2.01. The van der Waals surface area contributed by atoms with E-state index in [4.69, 9.17) is 0 Å². The van der Waals surface area contributed by atoms with Crippen LogP contribution in [-0.2, 0) is 5.41 Å². The predicted molar refractivity (Wildman–Crippen MR) is 158 cm³/mol. The van der Waals surface area contributed by atoms with Gasteiger partial charge in [-0.3, -0.25) is 4.90 Å². The molecule has 312 valence electrons. The van der Waals surface area contributed by atoms with Crippen molar-refractivity contribution in [2.24, 2.45) is 0 Å². The molecule has 0 fully saturated rings. The maximum absolute atomic E-state index is 16.0. The van der Waals surface area contributed by atoms with Crippen LogP contribution in [0.5, 0.6) is 0 Å². The molecule has 1 atom stereocenters.